The smallest absolute Gasteiger partial charge is 0.195 e. The Kier molecular flexibility index (Phi) is 9.36. The minimum atomic E-state index is -0.715. The zero-order chi connectivity index (χ0) is 21.9. The molecule has 0 N–H and O–H groups in total. The van der Waals surface area contributed by atoms with Gasteiger partial charge in [0, 0.05) is 0 Å². The molecule has 0 radical (unpaired) electrons. The number of unbranched alkanes of at least 4 members (excludes halogenated alkanes) is 1. The normalized spacial score (nSPS) is 27.0. The van der Waals surface area contributed by atoms with Crippen molar-refractivity contribution in [1.29, 1.82) is 10.5 Å². The van der Waals surface area contributed by atoms with Gasteiger partial charge in [0.25, 0.3) is 0 Å². The van der Waals surface area contributed by atoms with Crippen LogP contribution in [0.2, 0.25) is 0 Å². The maximum atomic E-state index is 12.8. The molecule has 2 fully saturated rings. The van der Waals surface area contributed by atoms with E-state index in [1.54, 1.807) is 6.08 Å². The van der Waals surface area contributed by atoms with Gasteiger partial charge in [-0.25, -0.2) is 0 Å². The van der Waals surface area contributed by atoms with Crippen molar-refractivity contribution in [3.05, 3.63) is 59.4 Å². The molecule has 0 atom stereocenters. The van der Waals surface area contributed by atoms with E-state index in [0.717, 1.165) is 17.4 Å². The summed E-state index contributed by atoms with van der Waals surface area (Å²) in [5, 5.41) is 17.4. The lowest BCUT2D eigenvalue weighted by atomic mass is 9.76. The Morgan fingerprint density at radius 2 is 1.45 bits per heavy atom. The van der Waals surface area contributed by atoms with Crippen molar-refractivity contribution in [3.8, 4) is 12.1 Å². The van der Waals surface area contributed by atoms with Crippen LogP contribution in [0.25, 0.3) is 0 Å². The quantitative estimate of drug-likeness (QED) is 0.243. The van der Waals surface area contributed by atoms with E-state index < -0.39 is 5.83 Å². The van der Waals surface area contributed by atoms with Crippen LogP contribution >= 0.6 is 0 Å². The summed E-state index contributed by atoms with van der Waals surface area (Å²) in [5.41, 5.74) is 2.17. The van der Waals surface area contributed by atoms with E-state index in [2.05, 4.69) is 24.3 Å². The molecule has 0 spiro atoms. The molecule has 2 aliphatic rings. The first-order chi connectivity index (χ1) is 15.2. The van der Waals surface area contributed by atoms with Crippen LogP contribution in [0, 0.1) is 40.4 Å². The third-order valence-electron chi connectivity index (χ3n) is 7.46. The molecule has 164 valence electrons. The minimum Gasteiger partial charge on any atom is -0.195 e. The van der Waals surface area contributed by atoms with Crippen molar-refractivity contribution in [2.45, 2.75) is 83.0 Å². The summed E-state index contributed by atoms with van der Waals surface area (Å²) in [6, 6.07) is 11.9. The molecule has 1 aromatic carbocycles. The number of rotatable bonds is 8. The van der Waals surface area contributed by atoms with Crippen LogP contribution in [0.1, 0.15) is 94.1 Å². The number of nitrogens with zero attached hydrogens (tertiary/aromatic N) is 2. The first-order valence-corrected chi connectivity index (χ1v) is 12.1. The fourth-order valence-corrected chi connectivity index (χ4v) is 5.48. The van der Waals surface area contributed by atoms with Gasteiger partial charge in [-0.05, 0) is 98.8 Å². The van der Waals surface area contributed by atoms with E-state index in [1.807, 2.05) is 12.1 Å². The van der Waals surface area contributed by atoms with Crippen molar-refractivity contribution in [2.24, 2.45) is 17.8 Å². The summed E-state index contributed by atoms with van der Waals surface area (Å²) >= 11 is 0. The molecule has 31 heavy (non-hydrogen) atoms. The second-order valence-corrected chi connectivity index (χ2v) is 9.53. The van der Waals surface area contributed by atoms with Gasteiger partial charge >= 0.3 is 0 Å². The van der Waals surface area contributed by atoms with Crippen LogP contribution in [-0.4, -0.2) is 0 Å². The van der Waals surface area contributed by atoms with E-state index in [-0.39, 0.29) is 0 Å². The third-order valence-corrected chi connectivity index (χ3v) is 7.46. The molecule has 2 nitrogen and oxygen atoms in total. The molecule has 0 bridgehead atoms. The van der Waals surface area contributed by atoms with Gasteiger partial charge in [-0.2, -0.15) is 14.9 Å². The Labute approximate surface area is 187 Å². The summed E-state index contributed by atoms with van der Waals surface area (Å²) in [6.45, 7) is 0. The first-order valence-electron chi connectivity index (χ1n) is 12.1. The Hall–Kier alpha value is -2.39. The van der Waals surface area contributed by atoms with Crippen molar-refractivity contribution in [1.82, 2.24) is 0 Å². The van der Waals surface area contributed by atoms with Gasteiger partial charge in [0.2, 0.25) is 0 Å². The monoisotopic (exact) mass is 418 g/mol. The fraction of sp³-hybridized carbons (Fsp3) is 0.571. The number of hydrogen-bond acceptors (Lipinski definition) is 2. The number of nitriles is 2. The van der Waals surface area contributed by atoms with Crippen molar-refractivity contribution in [2.75, 3.05) is 0 Å². The van der Waals surface area contributed by atoms with E-state index >= 15 is 0 Å². The standard InChI is InChI=1S/C28H35FN2/c29-28(21-31)7-3-6-24-10-8-22(9-11-24)4-1-2-5-23-12-16-26(17-13-23)27-18-14-25(20-30)15-19-27/h3,6-7,14-15,18-19,22-24,26H,1-2,4-5,8-13,16-17H2. The number of benzene rings is 1. The summed E-state index contributed by atoms with van der Waals surface area (Å²) in [5.74, 6) is 2.28. The number of halogens is 1. The first kappa shape index (κ1) is 23.3. The second-order valence-electron chi connectivity index (χ2n) is 9.53. The van der Waals surface area contributed by atoms with Gasteiger partial charge in [0.1, 0.15) is 6.07 Å². The topological polar surface area (TPSA) is 47.6 Å². The lowest BCUT2D eigenvalue weighted by molar-refractivity contribution is 0.273. The van der Waals surface area contributed by atoms with Crippen molar-refractivity contribution in [3.63, 3.8) is 0 Å². The predicted molar refractivity (Wildman–Crippen MR) is 124 cm³/mol. The van der Waals surface area contributed by atoms with E-state index in [1.165, 1.54) is 94.8 Å². The molecule has 0 saturated heterocycles. The van der Waals surface area contributed by atoms with Gasteiger partial charge in [0.15, 0.2) is 5.83 Å². The van der Waals surface area contributed by atoms with E-state index in [4.69, 9.17) is 10.5 Å². The Balaban J connectivity index is 1.26. The molecule has 0 aromatic heterocycles. The predicted octanol–water partition coefficient (Wildman–Crippen LogP) is 8.13. The zero-order valence-corrected chi connectivity index (χ0v) is 18.6. The second kappa shape index (κ2) is 12.5. The third kappa shape index (κ3) is 7.66. The maximum absolute atomic E-state index is 12.8. The minimum absolute atomic E-state index is 0.547. The largest absolute Gasteiger partial charge is 0.199 e. The average molecular weight is 419 g/mol. The van der Waals surface area contributed by atoms with Gasteiger partial charge in [0.05, 0.1) is 11.6 Å². The molecule has 0 unspecified atom stereocenters. The van der Waals surface area contributed by atoms with E-state index in [9.17, 15) is 4.39 Å². The van der Waals surface area contributed by atoms with Crippen LogP contribution in [0.15, 0.2) is 48.3 Å². The van der Waals surface area contributed by atoms with Crippen LogP contribution in [0.4, 0.5) is 4.39 Å². The molecule has 3 heteroatoms. The number of allylic oxidation sites excluding steroid dienone is 4. The molecule has 2 saturated carbocycles. The lowest BCUT2D eigenvalue weighted by Crippen LogP contribution is -2.14. The molecule has 0 heterocycles. The van der Waals surface area contributed by atoms with Gasteiger partial charge in [-0.15, -0.1) is 0 Å². The summed E-state index contributed by atoms with van der Waals surface area (Å²) in [7, 11) is 0. The van der Waals surface area contributed by atoms with Gasteiger partial charge in [-0.1, -0.05) is 50.0 Å². The van der Waals surface area contributed by atoms with Crippen LogP contribution in [0.3, 0.4) is 0 Å². The zero-order valence-electron chi connectivity index (χ0n) is 18.6. The van der Waals surface area contributed by atoms with Crippen LogP contribution < -0.4 is 0 Å². The Bertz CT molecular complexity index is 808. The lowest BCUT2D eigenvalue weighted by Gasteiger charge is -2.29. The molecular weight excluding hydrogens is 383 g/mol. The van der Waals surface area contributed by atoms with Gasteiger partial charge in [-0.3, -0.25) is 0 Å². The molecule has 3 rings (SSSR count). The average Bonchev–Trinajstić information content (AvgIpc) is 2.83. The highest BCUT2D eigenvalue weighted by Crippen LogP contribution is 2.38. The van der Waals surface area contributed by atoms with Gasteiger partial charge < -0.3 is 0 Å². The molecule has 2 aliphatic carbocycles. The highest BCUT2D eigenvalue weighted by Gasteiger charge is 2.23. The Morgan fingerprint density at radius 3 is 2.00 bits per heavy atom. The number of hydrogen-bond donors (Lipinski definition) is 0. The fourth-order valence-electron chi connectivity index (χ4n) is 5.48. The molecular formula is C28H35FN2. The highest BCUT2D eigenvalue weighted by atomic mass is 19.1. The van der Waals surface area contributed by atoms with E-state index in [0.29, 0.717) is 11.8 Å². The SMILES string of the molecule is N#CC(F)=CC=CC1CCC(CCCCC2CCC(c3ccc(C#N)cc3)CC2)CC1. The van der Waals surface area contributed by atoms with Crippen LogP contribution in [0.5, 0.6) is 0 Å². The molecule has 0 amide bonds. The van der Waals surface area contributed by atoms with Crippen molar-refractivity contribution < 1.29 is 4.39 Å². The maximum Gasteiger partial charge on any atom is 0.199 e. The molecule has 1 aromatic rings. The summed E-state index contributed by atoms with van der Waals surface area (Å²) in [4.78, 5) is 0. The summed E-state index contributed by atoms with van der Waals surface area (Å²) < 4.78 is 12.8. The summed E-state index contributed by atoms with van der Waals surface area (Å²) in [6.07, 6.45) is 20.8. The highest BCUT2D eigenvalue weighted by molar-refractivity contribution is 5.33. The van der Waals surface area contributed by atoms with Crippen LogP contribution in [-0.2, 0) is 0 Å². The Morgan fingerprint density at radius 1 is 0.871 bits per heavy atom. The van der Waals surface area contributed by atoms with Crippen molar-refractivity contribution >= 4 is 0 Å². The molecule has 0 aliphatic heterocycles.